The summed E-state index contributed by atoms with van der Waals surface area (Å²) in [5.41, 5.74) is 0.879. The molecule has 6 nitrogen and oxygen atoms in total. The maximum Gasteiger partial charge on any atom is 0.166 e. The van der Waals surface area contributed by atoms with Gasteiger partial charge < -0.3 is 15.4 Å². The maximum atomic E-state index is 14.3. The summed E-state index contributed by atoms with van der Waals surface area (Å²) in [5, 5.41) is 11.0. The molecule has 0 amide bonds. The Morgan fingerprint density at radius 1 is 1.27 bits per heavy atom. The fourth-order valence-corrected chi connectivity index (χ4v) is 3.02. The van der Waals surface area contributed by atoms with Gasteiger partial charge in [-0.05, 0) is 29.8 Å². The molecule has 2 N–H and O–H groups in total. The summed E-state index contributed by atoms with van der Waals surface area (Å²) in [5.74, 6) is 1.84. The van der Waals surface area contributed by atoms with Crippen LogP contribution in [0, 0.1) is 11.7 Å². The van der Waals surface area contributed by atoms with Gasteiger partial charge in [-0.15, -0.1) is 0 Å². The van der Waals surface area contributed by atoms with Crippen LogP contribution in [-0.4, -0.2) is 27.9 Å². The molecule has 134 valence electrons. The smallest absolute Gasteiger partial charge is 0.166 e. The molecule has 0 saturated carbocycles. The molecule has 1 aliphatic rings. The van der Waals surface area contributed by atoms with Crippen LogP contribution in [0.1, 0.15) is 5.56 Å². The quantitative estimate of drug-likeness (QED) is 0.713. The van der Waals surface area contributed by atoms with Crippen LogP contribution < -0.4 is 15.4 Å². The van der Waals surface area contributed by atoms with Gasteiger partial charge in [0.25, 0.3) is 0 Å². The fraction of sp³-hybridized carbons (Fsp3) is 0.263. The first kappa shape index (κ1) is 16.5. The predicted molar refractivity (Wildman–Crippen MR) is 96.6 cm³/mol. The Balaban J connectivity index is 1.29. The number of nitrogens with zero attached hydrogens (tertiary/aromatic N) is 3. The number of halogens is 1. The summed E-state index contributed by atoms with van der Waals surface area (Å²) < 4.78 is 21.7. The molecule has 0 bridgehead atoms. The van der Waals surface area contributed by atoms with E-state index in [4.69, 9.17) is 4.74 Å². The van der Waals surface area contributed by atoms with E-state index in [2.05, 4.69) is 20.7 Å². The largest absolute Gasteiger partial charge is 0.453 e. The van der Waals surface area contributed by atoms with Crippen LogP contribution in [0.2, 0.25) is 0 Å². The molecule has 4 rings (SSSR count). The van der Waals surface area contributed by atoms with Crippen molar-refractivity contribution in [1.82, 2.24) is 20.1 Å². The number of pyridine rings is 1. The molecule has 1 unspecified atom stereocenters. The number of ether oxygens (including phenoxy) is 1. The average Bonchev–Trinajstić information content (AvgIpc) is 3.13. The minimum absolute atomic E-state index is 0.199. The van der Waals surface area contributed by atoms with Crippen LogP contribution in [0.25, 0.3) is 0 Å². The third kappa shape index (κ3) is 3.83. The molecule has 1 atom stereocenters. The number of aromatic nitrogens is 3. The van der Waals surface area contributed by atoms with Crippen molar-refractivity contribution in [2.24, 2.45) is 5.92 Å². The predicted octanol–water partition coefficient (Wildman–Crippen LogP) is 3.04. The van der Waals surface area contributed by atoms with Crippen molar-refractivity contribution < 1.29 is 9.13 Å². The summed E-state index contributed by atoms with van der Waals surface area (Å²) in [6.45, 7) is 3.23. The van der Waals surface area contributed by atoms with Gasteiger partial charge in [-0.2, -0.15) is 5.10 Å². The van der Waals surface area contributed by atoms with Crippen molar-refractivity contribution in [3.8, 4) is 11.5 Å². The van der Waals surface area contributed by atoms with E-state index in [1.165, 1.54) is 6.07 Å². The van der Waals surface area contributed by atoms with Crippen molar-refractivity contribution in [3.63, 3.8) is 0 Å². The first-order valence-corrected chi connectivity index (χ1v) is 8.60. The Morgan fingerprint density at radius 2 is 2.23 bits per heavy atom. The highest BCUT2D eigenvalue weighted by Crippen LogP contribution is 2.24. The van der Waals surface area contributed by atoms with Crippen LogP contribution >= 0.6 is 0 Å². The zero-order valence-corrected chi connectivity index (χ0v) is 14.2. The van der Waals surface area contributed by atoms with E-state index in [0.717, 1.165) is 31.0 Å². The van der Waals surface area contributed by atoms with Gasteiger partial charge in [-0.25, -0.2) is 9.07 Å². The highest BCUT2D eigenvalue weighted by molar-refractivity contribution is 5.35. The van der Waals surface area contributed by atoms with Gasteiger partial charge in [0.1, 0.15) is 11.6 Å². The first-order valence-electron chi connectivity index (χ1n) is 8.60. The molecule has 2 aromatic heterocycles. The van der Waals surface area contributed by atoms with Crippen molar-refractivity contribution in [1.29, 1.82) is 0 Å². The molecule has 0 radical (unpaired) electrons. The molecule has 26 heavy (non-hydrogen) atoms. The average molecular weight is 353 g/mol. The monoisotopic (exact) mass is 353 g/mol. The second-order valence-corrected chi connectivity index (χ2v) is 6.33. The Kier molecular flexibility index (Phi) is 4.79. The van der Waals surface area contributed by atoms with Crippen LogP contribution in [0.15, 0.2) is 55.0 Å². The molecule has 1 aliphatic heterocycles. The second-order valence-electron chi connectivity index (χ2n) is 6.33. The van der Waals surface area contributed by atoms with Crippen LogP contribution in [-0.2, 0) is 13.1 Å². The third-order valence-corrected chi connectivity index (χ3v) is 4.34. The van der Waals surface area contributed by atoms with Gasteiger partial charge in [-0.3, -0.25) is 4.98 Å². The molecule has 0 fully saturated rings. The molecule has 0 saturated heterocycles. The normalized spacial score (nSPS) is 16.0. The van der Waals surface area contributed by atoms with Crippen molar-refractivity contribution in [2.45, 2.75) is 13.1 Å². The van der Waals surface area contributed by atoms with Crippen molar-refractivity contribution in [2.75, 3.05) is 18.4 Å². The summed E-state index contributed by atoms with van der Waals surface area (Å²) >= 11 is 0. The summed E-state index contributed by atoms with van der Waals surface area (Å²) in [4.78, 5) is 3.95. The van der Waals surface area contributed by atoms with Gasteiger partial charge in [0, 0.05) is 44.4 Å². The minimum atomic E-state index is -0.381. The van der Waals surface area contributed by atoms with E-state index < -0.39 is 0 Å². The number of rotatable bonds is 6. The molecule has 3 aromatic rings. The van der Waals surface area contributed by atoms with Crippen LogP contribution in [0.5, 0.6) is 11.5 Å². The van der Waals surface area contributed by atoms with E-state index >= 15 is 0 Å². The van der Waals surface area contributed by atoms with E-state index in [-0.39, 0.29) is 11.6 Å². The molecular weight excluding hydrogens is 333 g/mol. The van der Waals surface area contributed by atoms with Crippen molar-refractivity contribution in [3.05, 3.63) is 66.4 Å². The van der Waals surface area contributed by atoms with Crippen LogP contribution in [0.4, 0.5) is 10.2 Å². The molecule has 3 heterocycles. The number of hydrogen-bond acceptors (Lipinski definition) is 5. The van der Waals surface area contributed by atoms with Gasteiger partial charge in [-0.1, -0.05) is 6.07 Å². The lowest BCUT2D eigenvalue weighted by molar-refractivity contribution is 0.391. The molecule has 1 aromatic carbocycles. The van der Waals surface area contributed by atoms with Gasteiger partial charge in [0.15, 0.2) is 11.6 Å². The SMILES string of the molecule is Fc1cc(CNCC2CNc3ccnn3C2)ccc1Oc1cccnc1. The van der Waals surface area contributed by atoms with E-state index in [1.54, 1.807) is 36.8 Å². The Morgan fingerprint density at radius 3 is 3.08 bits per heavy atom. The lowest BCUT2D eigenvalue weighted by Crippen LogP contribution is -2.35. The summed E-state index contributed by atoms with van der Waals surface area (Å²) in [6, 6.07) is 10.5. The third-order valence-electron chi connectivity index (χ3n) is 4.34. The standard InChI is InChI=1S/C19H20FN5O/c20-17-8-14(3-4-18(17)26-16-2-1-6-21-12-16)9-22-10-15-11-23-19-5-7-24-25(19)13-15/h1-8,12,15,22-23H,9-11,13H2. The van der Waals surface area contributed by atoms with Crippen LogP contribution in [0.3, 0.4) is 0 Å². The Hall–Kier alpha value is -2.93. The zero-order valence-electron chi connectivity index (χ0n) is 14.2. The number of hydrogen-bond donors (Lipinski definition) is 2. The second kappa shape index (κ2) is 7.53. The number of benzene rings is 1. The van der Waals surface area contributed by atoms with E-state index in [0.29, 0.717) is 18.2 Å². The summed E-state index contributed by atoms with van der Waals surface area (Å²) in [7, 11) is 0. The zero-order chi connectivity index (χ0) is 17.8. The molecule has 0 spiro atoms. The Bertz CT molecular complexity index is 867. The first-order chi connectivity index (χ1) is 12.8. The maximum absolute atomic E-state index is 14.3. The van der Waals surface area contributed by atoms with E-state index in [9.17, 15) is 4.39 Å². The number of anilines is 1. The van der Waals surface area contributed by atoms with Crippen molar-refractivity contribution >= 4 is 5.82 Å². The lowest BCUT2D eigenvalue weighted by Gasteiger charge is -2.25. The van der Waals surface area contributed by atoms with Gasteiger partial charge in [0.2, 0.25) is 0 Å². The fourth-order valence-electron chi connectivity index (χ4n) is 3.02. The lowest BCUT2D eigenvalue weighted by atomic mass is 10.1. The molecule has 7 heteroatoms. The van der Waals surface area contributed by atoms with Gasteiger partial charge >= 0.3 is 0 Å². The summed E-state index contributed by atoms with van der Waals surface area (Å²) in [6.07, 6.45) is 5.00. The van der Waals surface area contributed by atoms with Gasteiger partial charge in [0.05, 0.1) is 12.4 Å². The molecule has 0 aliphatic carbocycles. The molecular formula is C19H20FN5O. The highest BCUT2D eigenvalue weighted by atomic mass is 19.1. The highest BCUT2D eigenvalue weighted by Gasteiger charge is 2.17. The minimum Gasteiger partial charge on any atom is -0.453 e. The number of fused-ring (bicyclic) bond motifs is 1. The topological polar surface area (TPSA) is 64.0 Å². The van der Waals surface area contributed by atoms with E-state index in [1.807, 2.05) is 16.8 Å². The Labute approximate surface area is 151 Å². The number of nitrogens with one attached hydrogen (secondary N) is 2.